The Morgan fingerprint density at radius 1 is 1.73 bits per heavy atom. The minimum Gasteiger partial charge on any atom is -0.469 e. The van der Waals surface area contributed by atoms with Crippen LogP contribution in [0.2, 0.25) is 5.02 Å². The smallest absolute Gasteiger partial charge is 0.307 e. The average molecular weight is 232 g/mol. The van der Waals surface area contributed by atoms with Crippen molar-refractivity contribution in [2.75, 3.05) is 19.0 Å². The fourth-order valence-corrected chi connectivity index (χ4v) is 1.06. The topological polar surface area (TPSA) is 84.1 Å². The summed E-state index contributed by atoms with van der Waals surface area (Å²) < 4.78 is 4.44. The minimum atomic E-state index is -0.424. The summed E-state index contributed by atoms with van der Waals surface area (Å²) in [5.74, 6) is -0.0900. The number of H-pyrrole nitrogens is 1. The highest BCUT2D eigenvalue weighted by atomic mass is 35.5. The predicted octanol–water partition coefficient (Wildman–Crippen LogP) is 0.398. The van der Waals surface area contributed by atoms with Crippen molar-refractivity contribution in [3.8, 4) is 0 Å². The van der Waals surface area contributed by atoms with E-state index in [1.807, 2.05) is 0 Å². The number of hydrogen-bond acceptors (Lipinski definition) is 5. The molecule has 2 N–H and O–H groups in total. The zero-order valence-electron chi connectivity index (χ0n) is 8.04. The number of ether oxygens (including phenoxy) is 1. The van der Waals surface area contributed by atoms with E-state index in [1.54, 1.807) is 0 Å². The molecule has 0 aliphatic carbocycles. The van der Waals surface area contributed by atoms with Gasteiger partial charge in [0.15, 0.2) is 5.82 Å². The van der Waals surface area contributed by atoms with Crippen LogP contribution in [0.3, 0.4) is 0 Å². The molecule has 0 aliphatic heterocycles. The fraction of sp³-hybridized carbons (Fsp3) is 0.375. The summed E-state index contributed by atoms with van der Waals surface area (Å²) >= 11 is 5.66. The molecule has 0 aliphatic rings. The van der Waals surface area contributed by atoms with Crippen LogP contribution >= 0.6 is 11.6 Å². The zero-order chi connectivity index (χ0) is 11.3. The largest absolute Gasteiger partial charge is 0.469 e. The van der Waals surface area contributed by atoms with Crippen molar-refractivity contribution < 1.29 is 9.53 Å². The summed E-state index contributed by atoms with van der Waals surface area (Å²) in [4.78, 5) is 27.9. The first kappa shape index (κ1) is 11.5. The van der Waals surface area contributed by atoms with Gasteiger partial charge in [-0.2, -0.15) is 0 Å². The maximum Gasteiger partial charge on any atom is 0.307 e. The van der Waals surface area contributed by atoms with E-state index in [2.05, 4.69) is 20.0 Å². The number of aromatic amines is 1. The number of rotatable bonds is 4. The quantitative estimate of drug-likeness (QED) is 0.733. The lowest BCUT2D eigenvalue weighted by Gasteiger charge is -2.04. The lowest BCUT2D eigenvalue weighted by atomic mass is 10.4. The van der Waals surface area contributed by atoms with Crippen LogP contribution in [0.5, 0.6) is 0 Å². The average Bonchev–Trinajstić information content (AvgIpc) is 2.24. The molecule has 0 atom stereocenters. The highest BCUT2D eigenvalue weighted by Crippen LogP contribution is 2.11. The van der Waals surface area contributed by atoms with Crippen LogP contribution < -0.4 is 10.9 Å². The van der Waals surface area contributed by atoms with Gasteiger partial charge in [-0.15, -0.1) is 0 Å². The minimum absolute atomic E-state index is 0.0256. The van der Waals surface area contributed by atoms with Crippen molar-refractivity contribution in [3.63, 3.8) is 0 Å². The molecule has 0 saturated carbocycles. The van der Waals surface area contributed by atoms with Crippen LogP contribution in [0.25, 0.3) is 0 Å². The van der Waals surface area contributed by atoms with Gasteiger partial charge >= 0.3 is 5.97 Å². The SMILES string of the molecule is COC(=O)CCNc1nc[nH]c(=O)c1Cl. The molecule has 15 heavy (non-hydrogen) atoms. The van der Waals surface area contributed by atoms with E-state index in [0.717, 1.165) is 0 Å². The molecule has 1 heterocycles. The number of nitrogens with zero attached hydrogens (tertiary/aromatic N) is 1. The van der Waals surface area contributed by atoms with Crippen molar-refractivity contribution in [2.45, 2.75) is 6.42 Å². The molecule has 0 radical (unpaired) electrons. The Hall–Kier alpha value is -1.56. The molecular formula is C8H10ClN3O3. The number of halogens is 1. The van der Waals surface area contributed by atoms with Gasteiger partial charge in [0.25, 0.3) is 5.56 Å². The fourth-order valence-electron chi connectivity index (χ4n) is 0.891. The van der Waals surface area contributed by atoms with E-state index in [9.17, 15) is 9.59 Å². The third-order valence-corrected chi connectivity index (χ3v) is 2.00. The van der Waals surface area contributed by atoms with Gasteiger partial charge in [0.2, 0.25) is 0 Å². The number of anilines is 1. The Morgan fingerprint density at radius 3 is 3.13 bits per heavy atom. The van der Waals surface area contributed by atoms with Crippen LogP contribution in [0.15, 0.2) is 11.1 Å². The number of aromatic nitrogens is 2. The van der Waals surface area contributed by atoms with E-state index in [4.69, 9.17) is 11.6 Å². The van der Waals surface area contributed by atoms with E-state index in [-0.39, 0.29) is 23.2 Å². The van der Waals surface area contributed by atoms with Crippen LogP contribution in [0, 0.1) is 0 Å². The van der Waals surface area contributed by atoms with E-state index >= 15 is 0 Å². The van der Waals surface area contributed by atoms with Crippen LogP contribution in [-0.4, -0.2) is 29.6 Å². The van der Waals surface area contributed by atoms with Gasteiger partial charge in [0, 0.05) is 6.54 Å². The molecule has 0 bridgehead atoms. The first-order valence-corrected chi connectivity index (χ1v) is 4.57. The first-order chi connectivity index (χ1) is 7.15. The van der Waals surface area contributed by atoms with Crippen molar-refractivity contribution in [2.24, 2.45) is 0 Å². The molecule has 1 rings (SSSR count). The second kappa shape index (κ2) is 5.35. The summed E-state index contributed by atoms with van der Waals surface area (Å²) in [6.45, 7) is 0.308. The number of hydrogen-bond donors (Lipinski definition) is 2. The second-order valence-corrected chi connectivity index (χ2v) is 3.03. The monoisotopic (exact) mass is 231 g/mol. The zero-order valence-corrected chi connectivity index (χ0v) is 8.80. The molecule has 6 nitrogen and oxygen atoms in total. The third-order valence-electron chi connectivity index (χ3n) is 1.65. The molecule has 0 unspecified atom stereocenters. The maximum absolute atomic E-state index is 11.0. The van der Waals surface area contributed by atoms with Gasteiger partial charge in [0.1, 0.15) is 5.02 Å². The van der Waals surface area contributed by atoms with E-state index < -0.39 is 5.56 Å². The molecule has 0 amide bonds. The van der Waals surface area contributed by atoms with E-state index in [0.29, 0.717) is 6.54 Å². The van der Waals surface area contributed by atoms with Crippen LogP contribution in [-0.2, 0) is 9.53 Å². The van der Waals surface area contributed by atoms with Crippen molar-refractivity contribution in [1.82, 2.24) is 9.97 Å². The normalized spacial score (nSPS) is 9.73. The molecule has 7 heteroatoms. The summed E-state index contributed by atoms with van der Waals surface area (Å²) in [6.07, 6.45) is 1.41. The Balaban J connectivity index is 2.55. The van der Waals surface area contributed by atoms with Crippen LogP contribution in [0.1, 0.15) is 6.42 Å². The maximum atomic E-state index is 11.0. The molecule has 0 spiro atoms. The summed E-state index contributed by atoms with van der Waals surface area (Å²) in [6, 6.07) is 0. The van der Waals surface area contributed by atoms with Gasteiger partial charge in [-0.1, -0.05) is 11.6 Å². The van der Waals surface area contributed by atoms with E-state index in [1.165, 1.54) is 13.4 Å². The Bertz CT molecular complexity index is 404. The Kier molecular flexibility index (Phi) is 4.11. The summed E-state index contributed by atoms with van der Waals surface area (Å²) in [5.41, 5.74) is -0.424. The van der Waals surface area contributed by atoms with Crippen LogP contribution in [0.4, 0.5) is 5.82 Å². The lowest BCUT2D eigenvalue weighted by Crippen LogP contribution is -2.14. The molecular weight excluding hydrogens is 222 g/mol. The van der Waals surface area contributed by atoms with Gasteiger partial charge in [-0.25, -0.2) is 4.98 Å². The van der Waals surface area contributed by atoms with Gasteiger partial charge < -0.3 is 15.0 Å². The first-order valence-electron chi connectivity index (χ1n) is 4.19. The van der Waals surface area contributed by atoms with Gasteiger partial charge in [0.05, 0.1) is 19.9 Å². The van der Waals surface area contributed by atoms with Crippen molar-refractivity contribution in [1.29, 1.82) is 0 Å². The molecule has 0 aromatic carbocycles. The number of carbonyl (C=O) groups excluding carboxylic acids is 1. The molecule has 82 valence electrons. The molecule has 0 saturated heterocycles. The Morgan fingerprint density at radius 2 is 2.47 bits per heavy atom. The van der Waals surface area contributed by atoms with Gasteiger partial charge in [-0.3, -0.25) is 9.59 Å². The molecule has 1 aromatic rings. The Labute approximate surface area is 90.6 Å². The standard InChI is InChI=1S/C8H10ClN3O3/c1-15-5(13)2-3-10-7-6(9)8(14)12-4-11-7/h4H,2-3H2,1H3,(H2,10,11,12,14). The highest BCUT2D eigenvalue weighted by Gasteiger charge is 2.05. The molecule has 1 aromatic heterocycles. The predicted molar refractivity (Wildman–Crippen MR) is 55.0 cm³/mol. The number of carbonyl (C=O) groups is 1. The second-order valence-electron chi connectivity index (χ2n) is 2.65. The van der Waals surface area contributed by atoms with Crippen molar-refractivity contribution >= 4 is 23.4 Å². The molecule has 0 fully saturated rings. The lowest BCUT2D eigenvalue weighted by molar-refractivity contribution is -0.140. The summed E-state index contributed by atoms with van der Waals surface area (Å²) in [5, 5.41) is 2.73. The van der Waals surface area contributed by atoms with Crippen molar-refractivity contribution in [3.05, 3.63) is 21.7 Å². The highest BCUT2D eigenvalue weighted by molar-refractivity contribution is 6.32. The number of nitrogens with one attached hydrogen (secondary N) is 2. The van der Waals surface area contributed by atoms with Gasteiger partial charge in [-0.05, 0) is 0 Å². The third kappa shape index (κ3) is 3.25. The number of methoxy groups -OCH3 is 1. The number of esters is 1. The summed E-state index contributed by atoms with van der Waals surface area (Å²) in [7, 11) is 1.31.